The van der Waals surface area contributed by atoms with Crippen LogP contribution in [0.15, 0.2) is 5.11 Å². The van der Waals surface area contributed by atoms with E-state index in [9.17, 15) is 0 Å². The number of aliphatic hydroxyl groups is 2. The van der Waals surface area contributed by atoms with Crippen LogP contribution in [-0.2, 0) is 4.74 Å². The van der Waals surface area contributed by atoms with E-state index in [0.717, 1.165) is 0 Å². The fourth-order valence-corrected chi connectivity index (χ4v) is 0.422. The number of azide groups is 1. The lowest BCUT2D eigenvalue weighted by atomic mass is 10.4. The third kappa shape index (κ3) is 7.08. The van der Waals surface area contributed by atoms with Gasteiger partial charge in [-0.3, -0.25) is 0 Å². The molecule has 11 heavy (non-hydrogen) atoms. The molecule has 6 nitrogen and oxygen atoms in total. The van der Waals surface area contributed by atoms with Crippen LogP contribution in [0.1, 0.15) is 0 Å². The minimum Gasteiger partial charge on any atom is -0.394 e. The van der Waals surface area contributed by atoms with E-state index >= 15 is 0 Å². The summed E-state index contributed by atoms with van der Waals surface area (Å²) in [6.07, 6.45) is -0.846. The first-order valence-electron chi connectivity index (χ1n) is 3.18. The third-order valence-corrected chi connectivity index (χ3v) is 0.920. The molecule has 0 spiro atoms. The molecule has 0 aromatic heterocycles. The molecule has 0 bridgehead atoms. The van der Waals surface area contributed by atoms with Crippen molar-refractivity contribution in [1.29, 1.82) is 0 Å². The molecular weight excluding hydrogens is 150 g/mol. The molecule has 6 heteroatoms. The van der Waals surface area contributed by atoms with Crippen LogP contribution >= 0.6 is 0 Å². The van der Waals surface area contributed by atoms with Crippen molar-refractivity contribution in [3.63, 3.8) is 0 Å². The molecule has 0 saturated heterocycles. The van der Waals surface area contributed by atoms with Gasteiger partial charge in [-0.2, -0.15) is 0 Å². The van der Waals surface area contributed by atoms with Gasteiger partial charge in [0.15, 0.2) is 0 Å². The van der Waals surface area contributed by atoms with Crippen LogP contribution in [0.5, 0.6) is 0 Å². The highest BCUT2D eigenvalue weighted by molar-refractivity contribution is 4.50. The van der Waals surface area contributed by atoms with Crippen LogP contribution in [-0.4, -0.2) is 42.7 Å². The molecule has 0 aliphatic rings. The van der Waals surface area contributed by atoms with Gasteiger partial charge in [0.1, 0.15) is 6.10 Å². The predicted molar refractivity (Wildman–Crippen MR) is 37.9 cm³/mol. The molecule has 1 unspecified atom stereocenters. The second-order valence-electron chi connectivity index (χ2n) is 1.87. The maximum atomic E-state index is 8.74. The van der Waals surface area contributed by atoms with Crippen molar-refractivity contribution in [2.24, 2.45) is 5.11 Å². The Morgan fingerprint density at radius 1 is 1.64 bits per heavy atom. The number of hydrogen-bond donors (Lipinski definition) is 2. The first-order valence-corrected chi connectivity index (χ1v) is 3.18. The summed E-state index contributed by atoms with van der Waals surface area (Å²) >= 11 is 0. The molecule has 0 saturated carbocycles. The lowest BCUT2D eigenvalue weighted by Crippen LogP contribution is -2.20. The van der Waals surface area contributed by atoms with Gasteiger partial charge in [0.05, 0.1) is 19.8 Å². The molecule has 2 N–H and O–H groups in total. The summed E-state index contributed by atoms with van der Waals surface area (Å²) < 4.78 is 4.81. The monoisotopic (exact) mass is 161 g/mol. The maximum Gasteiger partial charge on any atom is 0.100 e. The maximum absolute atomic E-state index is 8.74. The highest BCUT2D eigenvalue weighted by atomic mass is 16.5. The summed E-state index contributed by atoms with van der Waals surface area (Å²) in [5.74, 6) is 0. The van der Waals surface area contributed by atoms with Gasteiger partial charge in [-0.1, -0.05) is 5.11 Å². The van der Waals surface area contributed by atoms with Gasteiger partial charge in [0, 0.05) is 11.5 Å². The van der Waals surface area contributed by atoms with E-state index in [1.807, 2.05) is 0 Å². The number of aliphatic hydroxyl groups excluding tert-OH is 2. The molecule has 0 aliphatic carbocycles. The number of nitrogens with zero attached hydrogens (tertiary/aromatic N) is 3. The number of hydrogen-bond acceptors (Lipinski definition) is 4. The summed E-state index contributed by atoms with van der Waals surface area (Å²) in [7, 11) is 0. The Morgan fingerprint density at radius 2 is 2.36 bits per heavy atom. The number of ether oxygens (including phenoxy) is 1. The third-order valence-electron chi connectivity index (χ3n) is 0.920. The Kier molecular flexibility index (Phi) is 6.76. The highest BCUT2D eigenvalue weighted by Gasteiger charge is 1.99. The lowest BCUT2D eigenvalue weighted by Gasteiger charge is -2.05. The quantitative estimate of drug-likeness (QED) is 0.241. The molecule has 0 aromatic rings. The molecule has 0 amide bonds. The molecule has 64 valence electrons. The second-order valence-corrected chi connectivity index (χ2v) is 1.87. The molecule has 0 heterocycles. The average molecular weight is 161 g/mol. The van der Waals surface area contributed by atoms with E-state index in [1.165, 1.54) is 0 Å². The zero-order chi connectivity index (χ0) is 8.53. The summed E-state index contributed by atoms with van der Waals surface area (Å²) in [6, 6.07) is 0. The van der Waals surface area contributed by atoms with Gasteiger partial charge in [0.2, 0.25) is 0 Å². The smallest absolute Gasteiger partial charge is 0.100 e. The average Bonchev–Trinajstić information content (AvgIpc) is 2.04. The summed E-state index contributed by atoms with van der Waals surface area (Å²) in [6.45, 7) is 0.259. The summed E-state index contributed by atoms with van der Waals surface area (Å²) in [5, 5.41) is 20.3. The van der Waals surface area contributed by atoms with E-state index in [4.69, 9.17) is 20.5 Å². The van der Waals surface area contributed by atoms with Crippen molar-refractivity contribution in [1.82, 2.24) is 0 Å². The standard InChI is InChI=1S/C5H11N3O3/c6-8-7-1-2-11-4-5(10)3-9/h5,9-10H,1-4H2. The zero-order valence-corrected chi connectivity index (χ0v) is 6.05. The van der Waals surface area contributed by atoms with E-state index in [2.05, 4.69) is 10.0 Å². The molecule has 0 aromatic carbocycles. The first-order chi connectivity index (χ1) is 5.31. The molecule has 1 atom stereocenters. The van der Waals surface area contributed by atoms with Crippen LogP contribution < -0.4 is 0 Å². The normalized spacial score (nSPS) is 12.2. The largest absolute Gasteiger partial charge is 0.394 e. The van der Waals surface area contributed by atoms with Crippen molar-refractivity contribution in [2.75, 3.05) is 26.4 Å². The van der Waals surface area contributed by atoms with E-state index in [0.29, 0.717) is 0 Å². The van der Waals surface area contributed by atoms with Gasteiger partial charge in [-0.25, -0.2) is 0 Å². The first kappa shape index (κ1) is 10.2. The van der Waals surface area contributed by atoms with E-state index in [-0.39, 0.29) is 26.4 Å². The Labute approximate surface area is 64.0 Å². The van der Waals surface area contributed by atoms with Crippen molar-refractivity contribution < 1.29 is 14.9 Å². The molecule has 0 aliphatic heterocycles. The van der Waals surface area contributed by atoms with Crippen LogP contribution in [0.2, 0.25) is 0 Å². The van der Waals surface area contributed by atoms with Crippen molar-refractivity contribution >= 4 is 0 Å². The highest BCUT2D eigenvalue weighted by Crippen LogP contribution is 1.83. The zero-order valence-electron chi connectivity index (χ0n) is 6.05. The Morgan fingerprint density at radius 3 is 2.91 bits per heavy atom. The second kappa shape index (κ2) is 7.30. The van der Waals surface area contributed by atoms with Gasteiger partial charge in [0.25, 0.3) is 0 Å². The minimum absolute atomic E-state index is 0.0669. The van der Waals surface area contributed by atoms with Crippen LogP contribution in [0, 0.1) is 0 Å². The SMILES string of the molecule is [N-]=[N+]=NCCOCC(O)CO. The summed E-state index contributed by atoms with van der Waals surface area (Å²) in [5.41, 5.74) is 7.83. The number of rotatable bonds is 6. The topological polar surface area (TPSA) is 98.5 Å². The minimum atomic E-state index is -0.846. The Balaban J connectivity index is 3.07. The molecule has 0 rings (SSSR count). The molecular formula is C5H11N3O3. The van der Waals surface area contributed by atoms with Crippen LogP contribution in [0.4, 0.5) is 0 Å². The van der Waals surface area contributed by atoms with E-state index < -0.39 is 6.10 Å². The van der Waals surface area contributed by atoms with Gasteiger partial charge >= 0.3 is 0 Å². The van der Waals surface area contributed by atoms with Crippen LogP contribution in [0.25, 0.3) is 10.4 Å². The fourth-order valence-electron chi connectivity index (χ4n) is 0.422. The van der Waals surface area contributed by atoms with E-state index in [1.54, 1.807) is 0 Å². The van der Waals surface area contributed by atoms with Crippen LogP contribution in [0.3, 0.4) is 0 Å². The predicted octanol–water partition coefficient (Wildman–Crippen LogP) is -0.334. The van der Waals surface area contributed by atoms with Crippen molar-refractivity contribution in [2.45, 2.75) is 6.10 Å². The summed E-state index contributed by atoms with van der Waals surface area (Å²) in [4.78, 5) is 2.51. The van der Waals surface area contributed by atoms with Gasteiger partial charge < -0.3 is 14.9 Å². The van der Waals surface area contributed by atoms with Gasteiger partial charge in [-0.15, -0.1) is 0 Å². The Bertz CT molecular complexity index is 135. The molecule has 0 radical (unpaired) electrons. The van der Waals surface area contributed by atoms with Gasteiger partial charge in [-0.05, 0) is 5.53 Å². The fraction of sp³-hybridized carbons (Fsp3) is 1.00. The van der Waals surface area contributed by atoms with Crippen molar-refractivity contribution in [3.05, 3.63) is 10.4 Å². The Hall–Kier alpha value is -0.810. The van der Waals surface area contributed by atoms with Crippen molar-refractivity contribution in [3.8, 4) is 0 Å². The lowest BCUT2D eigenvalue weighted by molar-refractivity contribution is 0.00874. The molecule has 0 fully saturated rings.